The lowest BCUT2D eigenvalue weighted by Gasteiger charge is -2.13. The van der Waals surface area contributed by atoms with Gasteiger partial charge in [0.05, 0.1) is 16.0 Å². The van der Waals surface area contributed by atoms with E-state index in [1.165, 1.54) is 23.5 Å². The zero-order valence-corrected chi connectivity index (χ0v) is 13.9. The van der Waals surface area contributed by atoms with Gasteiger partial charge in [-0.3, -0.25) is 0 Å². The summed E-state index contributed by atoms with van der Waals surface area (Å²) in [5, 5.41) is 2.39. The van der Waals surface area contributed by atoms with Gasteiger partial charge < -0.3 is 0 Å². The molecule has 0 saturated heterocycles. The Morgan fingerprint density at radius 3 is 2.68 bits per heavy atom. The molecule has 102 valence electrons. The van der Waals surface area contributed by atoms with Crippen molar-refractivity contribution in [1.29, 1.82) is 0 Å². The Labute approximate surface area is 129 Å². The van der Waals surface area contributed by atoms with Crippen LogP contribution in [-0.4, -0.2) is 8.42 Å². The van der Waals surface area contributed by atoms with Crippen molar-refractivity contribution in [2.24, 2.45) is 0 Å². The molecule has 0 amide bonds. The second-order valence-corrected chi connectivity index (χ2v) is 7.89. The molecule has 2 rings (SSSR count). The van der Waals surface area contributed by atoms with E-state index in [1.54, 1.807) is 6.07 Å². The third-order valence-corrected chi connectivity index (χ3v) is 6.31. The molecule has 0 fully saturated rings. The molecule has 0 spiro atoms. The van der Waals surface area contributed by atoms with E-state index in [0.717, 1.165) is 4.88 Å². The Morgan fingerprint density at radius 1 is 1.37 bits per heavy atom. The molecule has 2 aromatic rings. The van der Waals surface area contributed by atoms with E-state index in [-0.39, 0.29) is 10.9 Å². The third-order valence-electron chi connectivity index (χ3n) is 2.50. The lowest BCUT2D eigenvalue weighted by Crippen LogP contribution is -2.26. The van der Waals surface area contributed by atoms with Crippen molar-refractivity contribution in [3.05, 3.63) is 50.1 Å². The van der Waals surface area contributed by atoms with Crippen molar-refractivity contribution in [3.63, 3.8) is 0 Å². The van der Waals surface area contributed by atoms with E-state index in [9.17, 15) is 8.42 Å². The van der Waals surface area contributed by atoms with Gasteiger partial charge in [0.1, 0.15) is 0 Å². The molecule has 7 heteroatoms. The predicted molar refractivity (Wildman–Crippen MR) is 82.2 cm³/mol. The number of hydrogen-bond donors (Lipinski definition) is 1. The molecule has 0 radical (unpaired) electrons. The van der Waals surface area contributed by atoms with Crippen molar-refractivity contribution in [3.8, 4) is 0 Å². The molecule has 0 saturated carbocycles. The van der Waals surface area contributed by atoms with Gasteiger partial charge in [0.15, 0.2) is 0 Å². The maximum atomic E-state index is 12.2. The summed E-state index contributed by atoms with van der Waals surface area (Å²) in [7, 11) is -3.56. The fourth-order valence-corrected chi connectivity index (χ4v) is 4.25. The minimum absolute atomic E-state index is 0.187. The number of thiophene rings is 1. The summed E-state index contributed by atoms with van der Waals surface area (Å²) in [4.78, 5) is 1.16. The predicted octanol–water partition coefficient (Wildman–Crippen LogP) is 4.20. The second kappa shape index (κ2) is 5.93. The summed E-state index contributed by atoms with van der Waals surface area (Å²) >= 11 is 10.6. The maximum absolute atomic E-state index is 12.2. The van der Waals surface area contributed by atoms with Gasteiger partial charge in [-0.25, -0.2) is 13.1 Å². The van der Waals surface area contributed by atoms with Gasteiger partial charge in [-0.15, -0.1) is 11.3 Å². The van der Waals surface area contributed by atoms with Gasteiger partial charge in [-0.05, 0) is 52.5 Å². The van der Waals surface area contributed by atoms with E-state index >= 15 is 0 Å². The molecule has 1 heterocycles. The van der Waals surface area contributed by atoms with Crippen LogP contribution in [0.15, 0.2) is 45.1 Å². The topological polar surface area (TPSA) is 46.2 Å². The number of rotatable bonds is 4. The number of sulfonamides is 1. The summed E-state index contributed by atoms with van der Waals surface area (Å²) in [6.45, 7) is 1.81. The largest absolute Gasteiger partial charge is 0.241 e. The first-order chi connectivity index (χ1) is 8.90. The summed E-state index contributed by atoms with van der Waals surface area (Å²) in [6, 6.07) is 8.05. The van der Waals surface area contributed by atoms with E-state index < -0.39 is 10.0 Å². The quantitative estimate of drug-likeness (QED) is 0.864. The van der Waals surface area contributed by atoms with Crippen LogP contribution in [0, 0.1) is 0 Å². The lowest BCUT2D eigenvalue weighted by atomic mass is 10.3. The van der Waals surface area contributed by atoms with Crippen LogP contribution in [0.3, 0.4) is 0 Å². The van der Waals surface area contributed by atoms with Crippen LogP contribution in [0.2, 0.25) is 5.02 Å². The molecule has 0 aliphatic carbocycles. The van der Waals surface area contributed by atoms with E-state index in [4.69, 9.17) is 11.6 Å². The first-order valence-corrected chi connectivity index (χ1v) is 8.94. The third kappa shape index (κ3) is 3.58. The number of nitrogens with one attached hydrogen (secondary N) is 1. The van der Waals surface area contributed by atoms with Gasteiger partial charge in [-0.1, -0.05) is 17.7 Å². The van der Waals surface area contributed by atoms with Gasteiger partial charge in [0, 0.05) is 9.35 Å². The lowest BCUT2D eigenvalue weighted by molar-refractivity contribution is 0.568. The van der Waals surface area contributed by atoms with Crippen LogP contribution >= 0.6 is 38.9 Å². The molecule has 1 aromatic carbocycles. The average Bonchev–Trinajstić information content (AvgIpc) is 2.85. The molecule has 1 unspecified atom stereocenters. The Hall–Kier alpha value is -0.400. The first-order valence-electron chi connectivity index (χ1n) is 5.41. The molecule has 1 atom stereocenters. The van der Waals surface area contributed by atoms with E-state index in [1.807, 2.05) is 24.4 Å². The molecule has 0 aliphatic heterocycles. The summed E-state index contributed by atoms with van der Waals surface area (Å²) in [5.74, 6) is 0. The van der Waals surface area contributed by atoms with E-state index in [0.29, 0.717) is 9.50 Å². The van der Waals surface area contributed by atoms with Gasteiger partial charge in [0.25, 0.3) is 0 Å². The Kier molecular flexibility index (Phi) is 4.68. The van der Waals surface area contributed by atoms with Crippen LogP contribution < -0.4 is 4.72 Å². The monoisotopic (exact) mass is 379 g/mol. The average molecular weight is 381 g/mol. The number of halogens is 2. The number of hydrogen-bond acceptors (Lipinski definition) is 3. The second-order valence-electron chi connectivity index (χ2n) is 3.93. The smallest absolute Gasteiger partial charge is 0.207 e. The highest BCUT2D eigenvalue weighted by molar-refractivity contribution is 9.10. The van der Waals surface area contributed by atoms with Crippen molar-refractivity contribution in [1.82, 2.24) is 4.72 Å². The fraction of sp³-hybridized carbons (Fsp3) is 0.167. The zero-order valence-electron chi connectivity index (χ0n) is 9.93. The SMILES string of the molecule is CC(NS(=O)(=O)c1ccc(Cl)c(Br)c1)c1cccs1. The molecule has 19 heavy (non-hydrogen) atoms. The first kappa shape index (κ1) is 15.0. The Bertz CT molecular complexity index is 671. The highest BCUT2D eigenvalue weighted by atomic mass is 79.9. The minimum atomic E-state index is -3.56. The summed E-state index contributed by atoms with van der Waals surface area (Å²) in [6.07, 6.45) is 0. The van der Waals surface area contributed by atoms with Gasteiger partial charge in [0.2, 0.25) is 10.0 Å². The van der Waals surface area contributed by atoms with Gasteiger partial charge in [-0.2, -0.15) is 0 Å². The van der Waals surface area contributed by atoms with Crippen LogP contribution in [0.5, 0.6) is 0 Å². The molecule has 0 aliphatic rings. The van der Waals surface area contributed by atoms with Gasteiger partial charge >= 0.3 is 0 Å². The van der Waals surface area contributed by atoms with Crippen LogP contribution in [0.4, 0.5) is 0 Å². The molecular formula is C12H11BrClNO2S2. The van der Waals surface area contributed by atoms with Crippen molar-refractivity contribution < 1.29 is 8.42 Å². The Balaban J connectivity index is 2.25. The molecule has 1 aromatic heterocycles. The van der Waals surface area contributed by atoms with Crippen molar-refractivity contribution >= 4 is 48.9 Å². The minimum Gasteiger partial charge on any atom is -0.207 e. The van der Waals surface area contributed by atoms with Crippen molar-refractivity contribution in [2.75, 3.05) is 0 Å². The molecule has 1 N–H and O–H groups in total. The highest BCUT2D eigenvalue weighted by Crippen LogP contribution is 2.26. The standard InChI is InChI=1S/C12H11BrClNO2S2/c1-8(12-3-2-6-18-12)15-19(16,17)9-4-5-11(14)10(13)7-9/h2-8,15H,1H3. The molecule has 0 bridgehead atoms. The molecular weight excluding hydrogens is 370 g/mol. The van der Waals surface area contributed by atoms with Crippen LogP contribution in [-0.2, 0) is 10.0 Å². The molecule has 3 nitrogen and oxygen atoms in total. The number of benzene rings is 1. The maximum Gasteiger partial charge on any atom is 0.241 e. The fourth-order valence-electron chi connectivity index (χ4n) is 1.54. The van der Waals surface area contributed by atoms with Crippen LogP contribution in [0.25, 0.3) is 0 Å². The highest BCUT2D eigenvalue weighted by Gasteiger charge is 2.19. The van der Waals surface area contributed by atoms with Crippen molar-refractivity contribution in [2.45, 2.75) is 17.9 Å². The van der Waals surface area contributed by atoms with Crippen LogP contribution in [0.1, 0.15) is 17.8 Å². The van der Waals surface area contributed by atoms with E-state index in [2.05, 4.69) is 20.7 Å². The summed E-state index contributed by atoms with van der Waals surface area (Å²) in [5.41, 5.74) is 0. The normalized spacial score (nSPS) is 13.4. The summed E-state index contributed by atoms with van der Waals surface area (Å²) < 4.78 is 27.7. The Morgan fingerprint density at radius 2 is 2.11 bits per heavy atom. The zero-order chi connectivity index (χ0) is 14.0.